The van der Waals surface area contributed by atoms with E-state index in [1.165, 1.54) is 18.9 Å². The molecule has 3 aromatic rings. The van der Waals surface area contributed by atoms with Crippen molar-refractivity contribution in [2.75, 3.05) is 20.5 Å². The molecule has 4 rings (SSSR count). The second-order valence-electron chi connectivity index (χ2n) is 9.22. The fraction of sp³-hybridized carbons (Fsp3) is 0.250. The number of carbonyl (C=O) groups is 2. The maximum absolute atomic E-state index is 12.6. The smallest absolute Gasteiger partial charge is 0.343 e. The molecule has 1 N–H and O–H groups in total. The van der Waals surface area contributed by atoms with E-state index in [1.807, 2.05) is 24.3 Å². The third-order valence-electron chi connectivity index (χ3n) is 5.49. The Balaban J connectivity index is 1.30. The van der Waals surface area contributed by atoms with Crippen molar-refractivity contribution in [1.82, 2.24) is 5.43 Å². The number of fused-ring (bicyclic) bond motifs is 1. The van der Waals surface area contributed by atoms with Gasteiger partial charge in [-0.3, -0.25) is 4.79 Å². The van der Waals surface area contributed by atoms with E-state index < -0.39 is 11.9 Å². The van der Waals surface area contributed by atoms with Gasteiger partial charge < -0.3 is 23.7 Å². The van der Waals surface area contributed by atoms with Crippen LogP contribution in [-0.4, -0.2) is 38.6 Å². The minimum atomic E-state index is -0.571. The first-order valence-electron chi connectivity index (χ1n) is 11.6. The topological polar surface area (TPSA) is 105 Å². The molecule has 0 bridgehead atoms. The van der Waals surface area contributed by atoms with Crippen molar-refractivity contribution in [3.8, 4) is 28.7 Å². The van der Waals surface area contributed by atoms with Gasteiger partial charge in [-0.1, -0.05) is 32.9 Å². The number of methoxy groups -OCH3 is 1. The molecule has 9 nitrogen and oxygen atoms in total. The Kier molecular flexibility index (Phi) is 7.62. The largest absolute Gasteiger partial charge is 0.493 e. The normalized spacial score (nSPS) is 12.3. The Morgan fingerprint density at radius 1 is 0.973 bits per heavy atom. The average Bonchev–Trinajstić information content (AvgIpc) is 3.36. The summed E-state index contributed by atoms with van der Waals surface area (Å²) in [4.78, 5) is 24.7. The lowest BCUT2D eigenvalue weighted by molar-refractivity contribution is -0.123. The predicted molar refractivity (Wildman–Crippen MR) is 137 cm³/mol. The fourth-order valence-electron chi connectivity index (χ4n) is 3.44. The van der Waals surface area contributed by atoms with Gasteiger partial charge in [0.05, 0.1) is 18.9 Å². The van der Waals surface area contributed by atoms with Crippen molar-refractivity contribution in [3.05, 3.63) is 77.4 Å². The number of ether oxygens (including phenoxy) is 5. The molecule has 0 aromatic heterocycles. The first-order valence-corrected chi connectivity index (χ1v) is 11.6. The molecule has 1 amide bonds. The summed E-state index contributed by atoms with van der Waals surface area (Å²) in [5.41, 5.74) is 4.58. The van der Waals surface area contributed by atoms with E-state index in [9.17, 15) is 9.59 Å². The molecule has 1 heterocycles. The van der Waals surface area contributed by atoms with E-state index in [2.05, 4.69) is 31.3 Å². The van der Waals surface area contributed by atoms with Gasteiger partial charge in [0.1, 0.15) is 5.75 Å². The van der Waals surface area contributed by atoms with Crippen molar-refractivity contribution in [2.24, 2.45) is 5.10 Å². The lowest BCUT2D eigenvalue weighted by atomic mass is 9.87. The maximum Gasteiger partial charge on any atom is 0.343 e. The zero-order valence-electron chi connectivity index (χ0n) is 21.1. The number of nitrogens with zero attached hydrogens (tertiary/aromatic N) is 1. The second-order valence-corrected chi connectivity index (χ2v) is 9.22. The van der Waals surface area contributed by atoms with Crippen LogP contribution < -0.4 is 29.1 Å². The summed E-state index contributed by atoms with van der Waals surface area (Å²) >= 11 is 0. The molecule has 0 fully saturated rings. The van der Waals surface area contributed by atoms with Crippen molar-refractivity contribution >= 4 is 18.1 Å². The van der Waals surface area contributed by atoms with Crippen LogP contribution >= 0.6 is 0 Å². The molecule has 37 heavy (non-hydrogen) atoms. The van der Waals surface area contributed by atoms with Crippen LogP contribution in [0.5, 0.6) is 28.7 Å². The lowest BCUT2D eigenvalue weighted by Gasteiger charge is -2.19. The molecular formula is C28H28N2O7. The van der Waals surface area contributed by atoms with Gasteiger partial charge in [-0.05, 0) is 65.1 Å². The van der Waals surface area contributed by atoms with Crippen LogP contribution in [0.3, 0.4) is 0 Å². The van der Waals surface area contributed by atoms with E-state index in [-0.39, 0.29) is 24.6 Å². The first kappa shape index (κ1) is 25.6. The van der Waals surface area contributed by atoms with Crippen molar-refractivity contribution in [2.45, 2.75) is 26.2 Å². The van der Waals surface area contributed by atoms with Gasteiger partial charge in [-0.15, -0.1) is 0 Å². The van der Waals surface area contributed by atoms with Crippen LogP contribution in [-0.2, 0) is 10.2 Å². The number of hydrazone groups is 1. The molecule has 1 aliphatic rings. The summed E-state index contributed by atoms with van der Waals surface area (Å²) in [5, 5.41) is 3.95. The molecule has 0 saturated heterocycles. The molecule has 0 spiro atoms. The number of nitrogens with one attached hydrogen (secondary N) is 1. The standard InChI is InChI=1S/C28H28N2O7/c1-28(2,3)20-7-9-21(10-8-20)34-16-26(31)30-29-15-18-5-11-23(24(13-18)33-4)37-27(32)19-6-12-22-25(14-19)36-17-35-22/h5-15H,16-17H2,1-4H3,(H,30,31). The lowest BCUT2D eigenvalue weighted by Crippen LogP contribution is -2.24. The fourth-order valence-corrected chi connectivity index (χ4v) is 3.44. The maximum atomic E-state index is 12.6. The molecular weight excluding hydrogens is 476 g/mol. The summed E-state index contributed by atoms with van der Waals surface area (Å²) in [5.74, 6) is 1.24. The van der Waals surface area contributed by atoms with E-state index in [4.69, 9.17) is 23.7 Å². The highest BCUT2D eigenvalue weighted by Gasteiger charge is 2.19. The summed E-state index contributed by atoms with van der Waals surface area (Å²) in [6.45, 7) is 6.33. The number of hydrogen-bond acceptors (Lipinski definition) is 8. The van der Waals surface area contributed by atoms with E-state index in [1.54, 1.807) is 36.4 Å². The van der Waals surface area contributed by atoms with Crippen LogP contribution in [0, 0.1) is 0 Å². The molecule has 0 unspecified atom stereocenters. The minimum Gasteiger partial charge on any atom is -0.493 e. The van der Waals surface area contributed by atoms with Crippen molar-refractivity contribution < 1.29 is 33.3 Å². The van der Waals surface area contributed by atoms with E-state index in [0.717, 1.165) is 0 Å². The van der Waals surface area contributed by atoms with Gasteiger partial charge in [0.25, 0.3) is 5.91 Å². The van der Waals surface area contributed by atoms with Crippen molar-refractivity contribution in [1.29, 1.82) is 0 Å². The highest BCUT2D eigenvalue weighted by molar-refractivity contribution is 5.92. The Bertz CT molecular complexity index is 1310. The number of esters is 1. The monoisotopic (exact) mass is 504 g/mol. The van der Waals surface area contributed by atoms with Gasteiger partial charge >= 0.3 is 5.97 Å². The molecule has 1 aliphatic heterocycles. The van der Waals surface area contributed by atoms with Crippen LogP contribution in [0.25, 0.3) is 0 Å². The SMILES string of the molecule is COc1cc(C=NNC(=O)COc2ccc(C(C)(C)C)cc2)ccc1OC(=O)c1ccc2c(c1)OCO2. The van der Waals surface area contributed by atoms with Crippen LogP contribution in [0.1, 0.15) is 42.3 Å². The Morgan fingerprint density at radius 2 is 1.73 bits per heavy atom. The molecule has 0 atom stereocenters. The summed E-state index contributed by atoms with van der Waals surface area (Å²) in [6, 6.07) is 17.3. The van der Waals surface area contributed by atoms with Crippen LogP contribution in [0.4, 0.5) is 0 Å². The Labute approximate surface area is 214 Å². The summed E-state index contributed by atoms with van der Waals surface area (Å²) in [6.07, 6.45) is 1.45. The Hall–Kier alpha value is -4.53. The highest BCUT2D eigenvalue weighted by Crippen LogP contribution is 2.34. The molecule has 0 saturated carbocycles. The number of hydrogen-bond donors (Lipinski definition) is 1. The zero-order valence-corrected chi connectivity index (χ0v) is 21.1. The molecule has 3 aromatic carbocycles. The second kappa shape index (κ2) is 11.0. The quantitative estimate of drug-likeness (QED) is 0.209. The van der Waals surface area contributed by atoms with Gasteiger partial charge in [0, 0.05) is 0 Å². The summed E-state index contributed by atoms with van der Waals surface area (Å²) < 4.78 is 26.9. The van der Waals surface area contributed by atoms with Gasteiger partial charge in [-0.2, -0.15) is 5.10 Å². The molecule has 0 aliphatic carbocycles. The highest BCUT2D eigenvalue weighted by atomic mass is 16.7. The summed E-state index contributed by atoms with van der Waals surface area (Å²) in [7, 11) is 1.46. The number of amides is 1. The van der Waals surface area contributed by atoms with Crippen LogP contribution in [0.15, 0.2) is 65.8 Å². The number of benzene rings is 3. The number of carbonyl (C=O) groups excluding carboxylic acids is 2. The molecule has 9 heteroatoms. The van der Waals surface area contributed by atoms with Crippen LogP contribution in [0.2, 0.25) is 0 Å². The average molecular weight is 505 g/mol. The molecule has 192 valence electrons. The van der Waals surface area contributed by atoms with Gasteiger partial charge in [-0.25, -0.2) is 10.2 Å². The first-order chi connectivity index (χ1) is 17.7. The van der Waals surface area contributed by atoms with E-state index in [0.29, 0.717) is 34.1 Å². The minimum absolute atomic E-state index is 0.0420. The third-order valence-corrected chi connectivity index (χ3v) is 5.49. The van der Waals surface area contributed by atoms with Crippen molar-refractivity contribution in [3.63, 3.8) is 0 Å². The third kappa shape index (κ3) is 6.58. The predicted octanol–water partition coefficient (Wildman–Crippen LogP) is 4.47. The van der Waals surface area contributed by atoms with Gasteiger partial charge in [0.2, 0.25) is 6.79 Å². The Morgan fingerprint density at radius 3 is 2.46 bits per heavy atom. The van der Waals surface area contributed by atoms with E-state index >= 15 is 0 Å². The molecule has 0 radical (unpaired) electrons. The number of rotatable bonds is 8. The zero-order chi connectivity index (χ0) is 26.4. The van der Waals surface area contributed by atoms with Gasteiger partial charge in [0.15, 0.2) is 29.6 Å².